The standard InChI is InChI=1S/C18H20F2N8O/c1-11(26-22)15(25-14-5-3-13(4-6-14)18(19)20)9-29-17-8-7-16(27-28-17)24-10-23-12(2)21/h3-8,10,18H,9,22H2,1-2H3,(H2,21,23,24,27)/b25-15?,26-11-. The highest BCUT2D eigenvalue weighted by atomic mass is 19.3. The van der Waals surface area contributed by atoms with E-state index in [9.17, 15) is 8.78 Å². The van der Waals surface area contributed by atoms with Crippen molar-refractivity contribution in [3.8, 4) is 5.88 Å². The van der Waals surface area contributed by atoms with Crippen LogP contribution < -0.4 is 16.3 Å². The van der Waals surface area contributed by atoms with Crippen molar-refractivity contribution in [2.45, 2.75) is 20.3 Å². The summed E-state index contributed by atoms with van der Waals surface area (Å²) in [5.74, 6) is 6.26. The van der Waals surface area contributed by atoms with Gasteiger partial charge in [0.1, 0.15) is 18.7 Å². The summed E-state index contributed by atoms with van der Waals surface area (Å²) in [4.78, 5) is 12.1. The molecule has 4 N–H and O–H groups in total. The lowest BCUT2D eigenvalue weighted by molar-refractivity contribution is 0.151. The molecule has 0 unspecified atom stereocenters. The van der Waals surface area contributed by atoms with E-state index < -0.39 is 6.43 Å². The number of nitrogens with zero attached hydrogens (tertiary/aromatic N) is 6. The predicted octanol–water partition coefficient (Wildman–Crippen LogP) is 2.94. The Bertz CT molecular complexity index is 918. The summed E-state index contributed by atoms with van der Waals surface area (Å²) >= 11 is 0. The molecule has 0 amide bonds. The van der Waals surface area contributed by atoms with Gasteiger partial charge < -0.3 is 16.3 Å². The number of benzene rings is 1. The maximum Gasteiger partial charge on any atom is 0.263 e. The molecule has 11 heteroatoms. The number of rotatable bonds is 8. The highest BCUT2D eigenvalue weighted by Crippen LogP contribution is 2.22. The lowest BCUT2D eigenvalue weighted by atomic mass is 10.2. The minimum absolute atomic E-state index is 0.00289. The molecule has 0 aliphatic rings. The van der Waals surface area contributed by atoms with E-state index >= 15 is 0 Å². The Morgan fingerprint density at radius 3 is 2.41 bits per heavy atom. The van der Waals surface area contributed by atoms with E-state index in [1.165, 1.54) is 30.6 Å². The maximum absolute atomic E-state index is 12.7. The number of hydrogen-bond donors (Lipinski definition) is 2. The fourth-order valence-electron chi connectivity index (χ4n) is 1.92. The van der Waals surface area contributed by atoms with Crippen molar-refractivity contribution in [2.75, 3.05) is 6.61 Å². The van der Waals surface area contributed by atoms with Gasteiger partial charge in [0.05, 0.1) is 17.2 Å². The smallest absolute Gasteiger partial charge is 0.263 e. The van der Waals surface area contributed by atoms with Gasteiger partial charge >= 0.3 is 0 Å². The van der Waals surface area contributed by atoms with Gasteiger partial charge in [-0.1, -0.05) is 12.1 Å². The molecule has 1 aromatic carbocycles. The van der Waals surface area contributed by atoms with Gasteiger partial charge in [-0.25, -0.2) is 23.8 Å². The van der Waals surface area contributed by atoms with E-state index in [0.717, 1.165) is 0 Å². The largest absolute Gasteiger partial charge is 0.470 e. The lowest BCUT2D eigenvalue weighted by Crippen LogP contribution is -2.21. The molecule has 152 valence electrons. The number of ether oxygens (including phenoxy) is 1. The normalized spacial score (nSPS) is 13.3. The van der Waals surface area contributed by atoms with Crippen LogP contribution >= 0.6 is 0 Å². The molecule has 2 aromatic rings. The van der Waals surface area contributed by atoms with Crippen LogP contribution in [0.3, 0.4) is 0 Å². The molecule has 0 radical (unpaired) electrons. The van der Waals surface area contributed by atoms with Gasteiger partial charge in [0.2, 0.25) is 5.88 Å². The first-order valence-electron chi connectivity index (χ1n) is 8.38. The maximum atomic E-state index is 12.7. The Morgan fingerprint density at radius 1 is 1.14 bits per heavy atom. The zero-order valence-electron chi connectivity index (χ0n) is 15.8. The van der Waals surface area contributed by atoms with Crippen molar-refractivity contribution in [3.05, 3.63) is 42.0 Å². The summed E-state index contributed by atoms with van der Waals surface area (Å²) in [7, 11) is 0. The van der Waals surface area contributed by atoms with E-state index in [1.54, 1.807) is 26.0 Å². The van der Waals surface area contributed by atoms with Crippen molar-refractivity contribution in [1.29, 1.82) is 0 Å². The number of aliphatic imine (C=N–C) groups is 3. The van der Waals surface area contributed by atoms with Crippen LogP contribution in [-0.4, -0.2) is 40.4 Å². The van der Waals surface area contributed by atoms with Crippen LogP contribution in [0.25, 0.3) is 0 Å². The van der Waals surface area contributed by atoms with Gasteiger partial charge in [0.15, 0.2) is 5.82 Å². The number of halogens is 2. The van der Waals surface area contributed by atoms with Gasteiger partial charge in [-0.05, 0) is 32.0 Å². The first-order valence-corrected chi connectivity index (χ1v) is 8.38. The van der Waals surface area contributed by atoms with Crippen molar-refractivity contribution in [1.82, 2.24) is 10.2 Å². The van der Waals surface area contributed by atoms with Gasteiger partial charge in [-0.2, -0.15) is 5.10 Å². The van der Waals surface area contributed by atoms with Crippen LogP contribution in [0.15, 0.2) is 56.5 Å². The molecular weight excluding hydrogens is 382 g/mol. The van der Waals surface area contributed by atoms with Crippen molar-refractivity contribution >= 4 is 35.1 Å². The monoisotopic (exact) mass is 402 g/mol. The summed E-state index contributed by atoms with van der Waals surface area (Å²) in [6.07, 6.45) is -1.27. The molecule has 29 heavy (non-hydrogen) atoms. The Morgan fingerprint density at radius 2 is 1.86 bits per heavy atom. The predicted molar refractivity (Wildman–Crippen MR) is 109 cm³/mol. The third kappa shape index (κ3) is 7.05. The van der Waals surface area contributed by atoms with Crippen molar-refractivity contribution in [3.63, 3.8) is 0 Å². The minimum Gasteiger partial charge on any atom is -0.470 e. The molecule has 1 heterocycles. The van der Waals surface area contributed by atoms with Crippen molar-refractivity contribution in [2.24, 2.45) is 31.7 Å². The third-order valence-corrected chi connectivity index (χ3v) is 3.45. The molecule has 0 aliphatic carbocycles. The Kier molecular flexibility index (Phi) is 7.83. The number of hydrazone groups is 1. The molecule has 1 aromatic heterocycles. The molecule has 0 aliphatic heterocycles. The number of nitrogens with two attached hydrogens (primary N) is 2. The first kappa shape index (κ1) is 21.5. The quantitative estimate of drug-likeness (QED) is 0.303. The minimum atomic E-state index is -2.54. The second-order valence-corrected chi connectivity index (χ2v) is 5.70. The van der Waals surface area contributed by atoms with Crippen LogP contribution in [0.1, 0.15) is 25.8 Å². The molecular formula is C18H20F2N8O. The van der Waals surface area contributed by atoms with Gasteiger partial charge in [-0.3, -0.25) is 0 Å². The molecule has 0 atom stereocenters. The summed E-state index contributed by atoms with van der Waals surface area (Å²) in [5.41, 5.74) is 6.61. The SMILES string of the molecule is CC(N)=NC=Nc1ccc(OCC(=Nc2ccc(C(F)F)cc2)/C(C)=N\N)nn1. The molecule has 0 spiro atoms. The average molecular weight is 402 g/mol. The summed E-state index contributed by atoms with van der Waals surface area (Å²) < 4.78 is 30.9. The van der Waals surface area contributed by atoms with Gasteiger partial charge in [0.25, 0.3) is 6.43 Å². The molecule has 0 saturated heterocycles. The van der Waals surface area contributed by atoms with Crippen LogP contribution in [0, 0.1) is 0 Å². The van der Waals surface area contributed by atoms with E-state index in [4.69, 9.17) is 16.3 Å². The molecule has 0 fully saturated rings. The fraction of sp³-hybridized carbons (Fsp3) is 0.222. The van der Waals surface area contributed by atoms with Gasteiger partial charge in [0, 0.05) is 11.6 Å². The Hall–Kier alpha value is -3.76. The lowest BCUT2D eigenvalue weighted by Gasteiger charge is -2.08. The molecule has 2 rings (SSSR count). The summed E-state index contributed by atoms with van der Waals surface area (Å²) in [5, 5.41) is 11.4. The number of amidine groups is 1. The first-order chi connectivity index (χ1) is 13.9. The van der Waals surface area contributed by atoms with Gasteiger partial charge in [-0.15, -0.1) is 10.2 Å². The van der Waals surface area contributed by atoms with E-state index in [-0.39, 0.29) is 18.1 Å². The third-order valence-electron chi connectivity index (χ3n) is 3.45. The Labute approximate surface area is 165 Å². The van der Waals surface area contributed by atoms with Crippen LogP contribution in [-0.2, 0) is 0 Å². The average Bonchev–Trinajstić information content (AvgIpc) is 2.71. The molecule has 9 nitrogen and oxygen atoms in total. The topological polar surface area (TPSA) is 136 Å². The van der Waals surface area contributed by atoms with E-state index in [2.05, 4.69) is 30.3 Å². The Balaban J connectivity index is 2.09. The second kappa shape index (κ2) is 10.5. The van der Waals surface area contributed by atoms with Crippen LogP contribution in [0.5, 0.6) is 5.88 Å². The van der Waals surface area contributed by atoms with Crippen LogP contribution in [0.2, 0.25) is 0 Å². The number of hydrogen-bond acceptors (Lipinski definition) is 7. The number of alkyl halides is 2. The van der Waals surface area contributed by atoms with E-state index in [0.29, 0.717) is 28.8 Å². The zero-order chi connectivity index (χ0) is 21.2. The zero-order valence-corrected chi connectivity index (χ0v) is 15.8. The molecule has 0 bridgehead atoms. The summed E-state index contributed by atoms with van der Waals surface area (Å²) in [6, 6.07) is 8.72. The second-order valence-electron chi connectivity index (χ2n) is 5.70. The van der Waals surface area contributed by atoms with E-state index in [1.807, 2.05) is 0 Å². The molecule has 0 saturated carbocycles. The fourth-order valence-corrected chi connectivity index (χ4v) is 1.92. The van der Waals surface area contributed by atoms with Crippen molar-refractivity contribution < 1.29 is 13.5 Å². The van der Waals surface area contributed by atoms with Crippen LogP contribution in [0.4, 0.5) is 20.3 Å². The highest BCUT2D eigenvalue weighted by molar-refractivity contribution is 6.42. The highest BCUT2D eigenvalue weighted by Gasteiger charge is 2.09. The number of aromatic nitrogens is 2. The summed E-state index contributed by atoms with van der Waals surface area (Å²) in [6.45, 7) is 3.28.